The van der Waals surface area contributed by atoms with Gasteiger partial charge < -0.3 is 31.9 Å². The molecule has 2 amide bonds. The molecule has 33 heavy (non-hydrogen) atoms. The van der Waals surface area contributed by atoms with E-state index >= 15 is 0 Å². The second-order valence-corrected chi connectivity index (χ2v) is 10.5. The number of carbonyl (C=O) groups is 3. The largest absolute Gasteiger partial charge is 0.477 e. The van der Waals surface area contributed by atoms with Gasteiger partial charge in [-0.25, -0.2) is 4.79 Å². The Balaban J connectivity index is 1.44. The van der Waals surface area contributed by atoms with Crippen molar-refractivity contribution in [2.45, 2.75) is 56.2 Å². The summed E-state index contributed by atoms with van der Waals surface area (Å²) in [5.74, 6) is -2.54. The number of β-lactam (4-membered cyclic amide) rings is 1. The molecule has 3 aliphatic rings. The number of hydrogen-bond donors (Lipinski definition) is 5. The minimum atomic E-state index is -1.10. The van der Waals surface area contributed by atoms with Crippen LogP contribution in [0.1, 0.15) is 49.9 Å². The molecule has 4 rings (SSSR count). The maximum atomic E-state index is 12.5. The van der Waals surface area contributed by atoms with Gasteiger partial charge in [-0.05, 0) is 24.5 Å². The topological polar surface area (TPSA) is 159 Å². The number of aliphatic hydroxyl groups excluding tert-OH is 1. The molecule has 0 aliphatic carbocycles. The number of hydrogen-bond acceptors (Lipinski definition) is 7. The number of carbonyl (C=O) groups excluding carboxylic acids is 2. The van der Waals surface area contributed by atoms with Gasteiger partial charge in [0.1, 0.15) is 5.70 Å². The first-order valence-electron chi connectivity index (χ1n) is 11.1. The third-order valence-corrected chi connectivity index (χ3v) is 8.39. The number of primary amides is 1. The van der Waals surface area contributed by atoms with E-state index in [9.17, 15) is 24.6 Å². The molecule has 1 aromatic rings. The summed E-state index contributed by atoms with van der Waals surface area (Å²) in [7, 11) is 0. The van der Waals surface area contributed by atoms with Crippen LogP contribution < -0.4 is 16.8 Å². The van der Waals surface area contributed by atoms with Gasteiger partial charge in [0.15, 0.2) is 0 Å². The summed E-state index contributed by atoms with van der Waals surface area (Å²) in [6.07, 6.45) is 0.0890. The molecule has 7 N–H and O–H groups in total. The van der Waals surface area contributed by atoms with Crippen molar-refractivity contribution >= 4 is 29.5 Å². The predicted molar refractivity (Wildman–Crippen MR) is 124 cm³/mol. The lowest BCUT2D eigenvalue weighted by Crippen LogP contribution is -2.63. The first-order chi connectivity index (χ1) is 15.6. The highest BCUT2D eigenvalue weighted by Crippen LogP contribution is 2.52. The molecular weight excluding hydrogens is 444 g/mol. The van der Waals surface area contributed by atoms with Gasteiger partial charge in [0, 0.05) is 41.1 Å². The van der Waals surface area contributed by atoms with Gasteiger partial charge >= 0.3 is 5.97 Å². The van der Waals surface area contributed by atoms with Crippen molar-refractivity contribution in [1.29, 1.82) is 0 Å². The highest BCUT2D eigenvalue weighted by Gasteiger charge is 2.60. The molecule has 0 spiro atoms. The lowest BCUT2D eigenvalue weighted by Gasteiger charge is -2.46. The Bertz CT molecular complexity index is 995. The minimum absolute atomic E-state index is 0.0654. The fraction of sp³-hybridized carbons (Fsp3) is 0.522. The predicted octanol–water partition coefficient (Wildman–Crippen LogP) is 0.852. The van der Waals surface area contributed by atoms with Crippen molar-refractivity contribution < 1.29 is 24.6 Å². The molecule has 3 aliphatic heterocycles. The van der Waals surface area contributed by atoms with Crippen LogP contribution in [0, 0.1) is 11.8 Å². The number of nitrogens with zero attached hydrogens (tertiary/aromatic N) is 1. The fourth-order valence-corrected chi connectivity index (χ4v) is 6.69. The number of fused-ring (bicyclic) bond motifs is 1. The molecule has 178 valence electrons. The van der Waals surface area contributed by atoms with E-state index in [2.05, 4.69) is 5.32 Å². The Hall–Kier alpha value is -2.40. The number of carboxylic acids is 1. The molecular formula is C23H30N4O5S. The molecule has 0 bridgehead atoms. The average Bonchev–Trinajstić information content (AvgIpc) is 3.30. The van der Waals surface area contributed by atoms with Crippen LogP contribution in [0.15, 0.2) is 34.9 Å². The minimum Gasteiger partial charge on any atom is -0.477 e. The summed E-state index contributed by atoms with van der Waals surface area (Å²) in [6.45, 7) is 4.22. The second-order valence-electron chi connectivity index (χ2n) is 9.15. The van der Waals surface area contributed by atoms with Crippen LogP contribution >= 0.6 is 11.8 Å². The van der Waals surface area contributed by atoms with E-state index in [1.807, 2.05) is 31.2 Å². The zero-order valence-corrected chi connectivity index (χ0v) is 19.4. The Morgan fingerprint density at radius 1 is 1.30 bits per heavy atom. The van der Waals surface area contributed by atoms with Crippen LogP contribution in [-0.4, -0.2) is 56.8 Å². The van der Waals surface area contributed by atoms with Crippen LogP contribution in [0.2, 0.25) is 0 Å². The smallest absolute Gasteiger partial charge is 0.353 e. The first kappa shape index (κ1) is 23.7. The molecule has 0 aromatic heterocycles. The van der Waals surface area contributed by atoms with E-state index in [4.69, 9.17) is 11.5 Å². The van der Waals surface area contributed by atoms with Crippen LogP contribution in [0.5, 0.6) is 0 Å². The van der Waals surface area contributed by atoms with Crippen molar-refractivity contribution in [2.75, 3.05) is 6.54 Å². The van der Waals surface area contributed by atoms with E-state index in [1.165, 1.54) is 16.7 Å². The van der Waals surface area contributed by atoms with Gasteiger partial charge in [-0.15, -0.1) is 11.8 Å². The normalized spacial score (nSPS) is 30.7. The van der Waals surface area contributed by atoms with Crippen molar-refractivity contribution in [3.63, 3.8) is 0 Å². The van der Waals surface area contributed by atoms with E-state index in [-0.39, 0.29) is 41.3 Å². The molecule has 1 unspecified atom stereocenters. The summed E-state index contributed by atoms with van der Waals surface area (Å²) in [5, 5.41) is 23.5. The molecule has 10 heteroatoms. The highest BCUT2D eigenvalue weighted by molar-refractivity contribution is 8.03. The highest BCUT2D eigenvalue weighted by atomic mass is 32.2. The van der Waals surface area contributed by atoms with Crippen LogP contribution in [0.4, 0.5) is 0 Å². The molecule has 2 saturated heterocycles. The van der Waals surface area contributed by atoms with E-state index in [1.54, 1.807) is 6.92 Å². The lowest BCUT2D eigenvalue weighted by atomic mass is 9.79. The van der Waals surface area contributed by atoms with Gasteiger partial charge in [-0.1, -0.05) is 31.2 Å². The molecule has 7 atom stereocenters. The number of carboxylic acid groups (broad SMARTS) is 1. The van der Waals surface area contributed by atoms with Gasteiger partial charge in [0.25, 0.3) is 0 Å². The van der Waals surface area contributed by atoms with Crippen molar-refractivity contribution in [1.82, 2.24) is 10.2 Å². The van der Waals surface area contributed by atoms with E-state index < -0.39 is 29.9 Å². The Morgan fingerprint density at radius 3 is 2.55 bits per heavy atom. The van der Waals surface area contributed by atoms with Gasteiger partial charge in [-0.2, -0.15) is 0 Å². The number of nitrogens with two attached hydrogens (primary N) is 2. The maximum absolute atomic E-state index is 12.5. The second kappa shape index (κ2) is 9.09. The number of amides is 2. The van der Waals surface area contributed by atoms with Gasteiger partial charge in [0.05, 0.1) is 18.1 Å². The summed E-state index contributed by atoms with van der Waals surface area (Å²) in [4.78, 5) is 37.7. The summed E-state index contributed by atoms with van der Waals surface area (Å²) >= 11 is 1.53. The SMILES string of the molecule is C[C@@H](O)[C@H]1C(=O)N2C(C(=O)O)=C(S[C@@H]3CNC(c4ccc([C@@H](N)CC(N)=O)cc4)C3)[C@H](C)[C@H]12. The molecule has 1 aromatic carbocycles. The fourth-order valence-electron chi connectivity index (χ4n) is 5.22. The molecule has 0 saturated carbocycles. The zero-order chi connectivity index (χ0) is 24.0. The number of aliphatic hydroxyl groups is 1. The number of nitrogens with one attached hydrogen (secondary N) is 1. The Kier molecular flexibility index (Phi) is 6.54. The molecule has 2 fully saturated rings. The van der Waals surface area contributed by atoms with E-state index in [0.717, 1.165) is 17.5 Å². The summed E-state index contributed by atoms with van der Waals surface area (Å²) in [5.41, 5.74) is 13.2. The lowest BCUT2D eigenvalue weighted by molar-refractivity contribution is -0.163. The van der Waals surface area contributed by atoms with Gasteiger partial charge in [0.2, 0.25) is 11.8 Å². The first-order valence-corrected chi connectivity index (χ1v) is 12.0. The number of thioether (sulfide) groups is 1. The van der Waals surface area contributed by atoms with Crippen LogP contribution in [0.3, 0.4) is 0 Å². The quantitative estimate of drug-likeness (QED) is 0.347. The van der Waals surface area contributed by atoms with Crippen LogP contribution in [-0.2, 0) is 14.4 Å². The third-order valence-electron chi connectivity index (χ3n) is 6.88. The number of rotatable bonds is 8. The molecule has 9 nitrogen and oxygen atoms in total. The van der Waals surface area contributed by atoms with Crippen molar-refractivity contribution in [3.05, 3.63) is 46.0 Å². The Labute approximate surface area is 196 Å². The van der Waals surface area contributed by atoms with Crippen LogP contribution in [0.25, 0.3) is 0 Å². The molecule has 3 heterocycles. The zero-order valence-electron chi connectivity index (χ0n) is 18.6. The average molecular weight is 475 g/mol. The molecule has 0 radical (unpaired) electrons. The standard InChI is InChI=1S/C23H30N4O5S/c1-10-19-18(11(2)28)22(30)27(19)20(23(31)32)21(10)33-14-7-16(26-9-14)13-5-3-12(4-6-13)15(24)8-17(25)29/h3-6,10-11,14-16,18-19,26,28H,7-9,24H2,1-2H3,(H2,25,29)(H,31,32)/t10-,11-,14+,15+,16?,18-,19-/m1/s1. The van der Waals surface area contributed by atoms with Crippen molar-refractivity contribution in [3.8, 4) is 0 Å². The Morgan fingerprint density at radius 2 is 1.97 bits per heavy atom. The van der Waals surface area contributed by atoms with Crippen molar-refractivity contribution in [2.24, 2.45) is 23.3 Å². The maximum Gasteiger partial charge on any atom is 0.353 e. The monoisotopic (exact) mass is 474 g/mol. The number of aliphatic carboxylic acids is 1. The summed E-state index contributed by atoms with van der Waals surface area (Å²) < 4.78 is 0. The third kappa shape index (κ3) is 4.28. The van der Waals surface area contributed by atoms with E-state index in [0.29, 0.717) is 11.4 Å². The summed E-state index contributed by atoms with van der Waals surface area (Å²) in [6, 6.07) is 7.16. The number of benzene rings is 1. The van der Waals surface area contributed by atoms with Gasteiger partial charge in [-0.3, -0.25) is 9.59 Å².